The molecule has 0 aliphatic carbocycles. The summed E-state index contributed by atoms with van der Waals surface area (Å²) in [4.78, 5) is 0. The zero-order chi connectivity index (χ0) is 44.4. The lowest BCUT2D eigenvalue weighted by Crippen LogP contribution is -2.00. The minimum Gasteiger partial charge on any atom is -0.127 e. The molecule has 0 radical (unpaired) electrons. The zero-order valence-corrected chi connectivity index (χ0v) is 42.1. The molecule has 4 rings (SSSR count). The van der Waals surface area contributed by atoms with Gasteiger partial charge < -0.3 is 0 Å². The third kappa shape index (κ3) is 22.7. The van der Waals surface area contributed by atoms with Gasteiger partial charge in [-0.2, -0.15) is 0 Å². The molecule has 0 nitrogen and oxygen atoms in total. The van der Waals surface area contributed by atoms with E-state index in [-0.39, 0.29) is 0 Å². The highest BCUT2D eigenvalue weighted by molar-refractivity contribution is 6.17. The summed E-state index contributed by atoms with van der Waals surface area (Å²) in [5.41, 5.74) is 11.3. The second-order valence-electron chi connectivity index (χ2n) is 16.8. The van der Waals surface area contributed by atoms with Crippen LogP contribution in [-0.4, -0.2) is 5.88 Å². The highest BCUT2D eigenvalue weighted by Crippen LogP contribution is 2.30. The normalized spacial score (nSPS) is 10.9. The Morgan fingerprint density at radius 2 is 0.450 bits per heavy atom. The van der Waals surface area contributed by atoms with Crippen LogP contribution in [0.25, 0.3) is 0 Å². The van der Waals surface area contributed by atoms with Crippen LogP contribution in [0.1, 0.15) is 233 Å². The van der Waals surface area contributed by atoms with E-state index in [0.717, 1.165) is 36.0 Å². The average molecular weight is 879 g/mol. The minimum atomic E-state index is 0.618. The second-order valence-corrected chi connectivity index (χ2v) is 17.8. The molecule has 60 heavy (non-hydrogen) atoms. The zero-order valence-electron chi connectivity index (χ0n) is 39.8. The van der Waals surface area contributed by atoms with Gasteiger partial charge >= 0.3 is 0 Å². The molecule has 3 heteroatoms. The molecule has 0 aliphatic heterocycles. The van der Waals surface area contributed by atoms with Crippen molar-refractivity contribution in [3.05, 3.63) is 142 Å². The minimum absolute atomic E-state index is 0.618. The summed E-state index contributed by atoms with van der Waals surface area (Å²) in [6, 6.07) is 36.5. The summed E-state index contributed by atoms with van der Waals surface area (Å²) in [7, 11) is 0. The fraction of sp³-hybridized carbons (Fsp3) is 0.579. The van der Waals surface area contributed by atoms with Gasteiger partial charge in [-0.1, -0.05) is 211 Å². The first-order chi connectivity index (χ1) is 29.2. The molecule has 0 saturated heterocycles. The largest absolute Gasteiger partial charge is 0.127 e. The molecule has 0 spiro atoms. The van der Waals surface area contributed by atoms with Crippen molar-refractivity contribution in [1.82, 2.24) is 0 Å². The molecule has 0 saturated carbocycles. The molecule has 0 atom stereocenters. The lowest BCUT2D eigenvalue weighted by atomic mass is 9.88. The number of hydrogen-bond donors (Lipinski definition) is 0. The molecular formula is C57H87Cl3. The summed E-state index contributed by atoms with van der Waals surface area (Å²) in [6.45, 7) is 20.1. The lowest BCUT2D eigenvalue weighted by Gasteiger charge is -2.17. The van der Waals surface area contributed by atoms with Crippen LogP contribution < -0.4 is 0 Å². The molecule has 4 aromatic carbocycles. The van der Waals surface area contributed by atoms with Crippen LogP contribution in [0.5, 0.6) is 0 Å². The van der Waals surface area contributed by atoms with Gasteiger partial charge in [0.15, 0.2) is 0 Å². The number of halogens is 3. The molecule has 0 bridgehead atoms. The van der Waals surface area contributed by atoms with Gasteiger partial charge in [0.2, 0.25) is 0 Å². The van der Waals surface area contributed by atoms with Crippen LogP contribution >= 0.6 is 34.8 Å². The van der Waals surface area contributed by atoms with Crippen molar-refractivity contribution in [2.75, 3.05) is 5.88 Å². The van der Waals surface area contributed by atoms with Crippen LogP contribution in [-0.2, 0) is 18.2 Å². The van der Waals surface area contributed by atoms with Crippen LogP contribution in [0.15, 0.2) is 97.1 Å². The molecule has 0 N–H and O–H groups in total. The van der Waals surface area contributed by atoms with Crippen molar-refractivity contribution in [2.24, 2.45) is 0 Å². The Labute approximate surface area is 387 Å². The van der Waals surface area contributed by atoms with E-state index in [1.807, 2.05) is 6.92 Å². The van der Waals surface area contributed by atoms with Crippen LogP contribution in [0, 0.1) is 0 Å². The van der Waals surface area contributed by atoms with E-state index in [0.29, 0.717) is 11.8 Å². The number of rotatable bonds is 24. The first-order valence-electron chi connectivity index (χ1n) is 24.3. The van der Waals surface area contributed by atoms with Gasteiger partial charge in [0.1, 0.15) is 0 Å². The molecule has 336 valence electrons. The summed E-state index contributed by atoms with van der Waals surface area (Å²) in [5, 5.41) is 0. The van der Waals surface area contributed by atoms with Crippen LogP contribution in [0.4, 0.5) is 0 Å². The van der Waals surface area contributed by atoms with Gasteiger partial charge in [-0.25, -0.2) is 0 Å². The first-order valence-corrected chi connectivity index (χ1v) is 25.9. The van der Waals surface area contributed by atoms with E-state index in [1.165, 1.54) is 147 Å². The van der Waals surface area contributed by atoms with Crippen molar-refractivity contribution in [3.8, 4) is 0 Å². The van der Waals surface area contributed by atoms with Crippen molar-refractivity contribution in [2.45, 2.75) is 207 Å². The maximum Gasteiger partial charge on any atom is 0.0474 e. The SMILES string of the molecule is CCCC(CCC)c1ccc(CCl)cc1.CCCC(CCC)c1ccc(CCl)cc1.CCCC(CCC)c1ccc(Cc2ccc(C(CCC)CCC)cc2)cc1.CCCl. The van der Waals surface area contributed by atoms with Crippen molar-refractivity contribution >= 4 is 34.8 Å². The Balaban J connectivity index is 0.000000465. The van der Waals surface area contributed by atoms with Crippen molar-refractivity contribution in [1.29, 1.82) is 0 Å². The van der Waals surface area contributed by atoms with E-state index in [2.05, 4.69) is 152 Å². The highest BCUT2D eigenvalue weighted by atomic mass is 35.5. The van der Waals surface area contributed by atoms with Crippen molar-refractivity contribution < 1.29 is 0 Å². The van der Waals surface area contributed by atoms with E-state index in [1.54, 1.807) is 0 Å². The smallest absolute Gasteiger partial charge is 0.0474 e. The standard InChI is InChI=1S/C27H40.2C14H21Cl.C2H5Cl/c1-5-9-24(10-6-2)26-17-13-22(14-18-26)21-23-15-19-27(20-16-23)25(11-7-3)12-8-4;2*1-3-5-13(6-4-2)14-9-7-12(11-15)8-10-14;1-2-3/h13-20,24-25H,5-12,21H2,1-4H3;2*7-10,13H,3-6,11H2,1-2H3;2H2,1H3. The predicted octanol–water partition coefficient (Wildman–Crippen LogP) is 20.1. The third-order valence-corrected chi connectivity index (χ3v) is 12.2. The number of alkyl halides is 3. The number of hydrogen-bond acceptors (Lipinski definition) is 0. The summed E-state index contributed by atoms with van der Waals surface area (Å²) < 4.78 is 0. The van der Waals surface area contributed by atoms with E-state index in [4.69, 9.17) is 34.8 Å². The fourth-order valence-corrected chi connectivity index (χ4v) is 8.86. The van der Waals surface area contributed by atoms with E-state index >= 15 is 0 Å². The second kappa shape index (κ2) is 36.3. The van der Waals surface area contributed by atoms with Crippen molar-refractivity contribution in [3.63, 3.8) is 0 Å². The Kier molecular flexibility index (Phi) is 33.7. The highest BCUT2D eigenvalue weighted by Gasteiger charge is 2.13. The maximum absolute atomic E-state index is 5.78. The summed E-state index contributed by atoms with van der Waals surface area (Å²) >= 11 is 16.6. The lowest BCUT2D eigenvalue weighted by molar-refractivity contribution is 0.560. The van der Waals surface area contributed by atoms with Crippen LogP contribution in [0.3, 0.4) is 0 Å². The Morgan fingerprint density at radius 1 is 0.283 bits per heavy atom. The number of benzene rings is 4. The molecule has 0 heterocycles. The van der Waals surface area contributed by atoms with Gasteiger partial charge in [-0.05, 0) is 126 Å². The van der Waals surface area contributed by atoms with Gasteiger partial charge in [0.05, 0.1) is 0 Å². The molecule has 0 aliphatic rings. The predicted molar refractivity (Wildman–Crippen MR) is 274 cm³/mol. The maximum atomic E-state index is 5.78. The molecular weight excluding hydrogens is 791 g/mol. The monoisotopic (exact) mass is 877 g/mol. The Hall–Kier alpha value is -2.25. The van der Waals surface area contributed by atoms with Gasteiger partial charge in [0.25, 0.3) is 0 Å². The van der Waals surface area contributed by atoms with Gasteiger partial charge in [-0.15, -0.1) is 34.8 Å². The average Bonchev–Trinajstić information content (AvgIpc) is 3.27. The summed E-state index contributed by atoms with van der Waals surface area (Å²) in [6.07, 6.45) is 21.6. The molecule has 0 aromatic heterocycles. The topological polar surface area (TPSA) is 0 Å². The van der Waals surface area contributed by atoms with Gasteiger partial charge in [0, 0.05) is 17.6 Å². The van der Waals surface area contributed by atoms with E-state index in [9.17, 15) is 0 Å². The molecule has 4 aromatic rings. The third-order valence-electron chi connectivity index (χ3n) is 11.6. The van der Waals surface area contributed by atoms with E-state index < -0.39 is 0 Å². The van der Waals surface area contributed by atoms with Crippen LogP contribution in [0.2, 0.25) is 0 Å². The first kappa shape index (κ1) is 55.8. The fourth-order valence-electron chi connectivity index (χ4n) is 8.51. The molecule has 0 fully saturated rings. The molecule has 0 amide bonds. The summed E-state index contributed by atoms with van der Waals surface area (Å²) in [5.74, 6) is 4.91. The Bertz CT molecular complexity index is 1380. The Morgan fingerprint density at radius 3 is 0.600 bits per heavy atom. The quantitative estimate of drug-likeness (QED) is 0.0615. The van der Waals surface area contributed by atoms with Gasteiger partial charge in [-0.3, -0.25) is 0 Å². The molecule has 0 unspecified atom stereocenters.